The van der Waals surface area contributed by atoms with Crippen LogP contribution in [0, 0.1) is 12.8 Å². The smallest absolute Gasteiger partial charge is 0.251 e. The number of anilines is 1. The third-order valence-corrected chi connectivity index (χ3v) is 3.87. The first-order valence-electron chi connectivity index (χ1n) is 8.32. The van der Waals surface area contributed by atoms with Crippen molar-refractivity contribution < 1.29 is 9.53 Å². The molecule has 0 heterocycles. The Morgan fingerprint density at radius 1 is 1.20 bits per heavy atom. The summed E-state index contributed by atoms with van der Waals surface area (Å²) in [5.74, 6) is 1.29. The second-order valence-electron chi connectivity index (χ2n) is 6.40. The molecular formula is C20H27ClN2O2. The molecule has 3 N–H and O–H groups in total. The van der Waals surface area contributed by atoms with Crippen LogP contribution in [-0.4, -0.2) is 12.5 Å². The standard InChI is InChI=1S/C20H26N2O2.ClH/c1-14(2)10-11-24-19-7-5-4-6-16(19)13-22-20(23)18-12-17(21)9-8-15(18)3;/h4-9,12,14H,10-11,13,21H2,1-3H3,(H,22,23);1H. The molecule has 0 bridgehead atoms. The van der Waals surface area contributed by atoms with E-state index in [-0.39, 0.29) is 18.3 Å². The fourth-order valence-electron chi connectivity index (χ4n) is 2.35. The third kappa shape index (κ3) is 6.31. The predicted molar refractivity (Wildman–Crippen MR) is 105 cm³/mol. The van der Waals surface area contributed by atoms with Gasteiger partial charge in [0.15, 0.2) is 0 Å². The number of carbonyl (C=O) groups excluding carboxylic acids is 1. The zero-order valence-corrected chi connectivity index (χ0v) is 15.9. The number of carbonyl (C=O) groups is 1. The molecule has 2 aromatic carbocycles. The van der Waals surface area contributed by atoms with Crippen molar-refractivity contribution >= 4 is 24.0 Å². The number of hydrogen-bond donors (Lipinski definition) is 2. The van der Waals surface area contributed by atoms with Crippen LogP contribution in [0.3, 0.4) is 0 Å². The molecule has 0 aliphatic carbocycles. The van der Waals surface area contributed by atoms with Gasteiger partial charge in [-0.05, 0) is 43.0 Å². The predicted octanol–water partition coefficient (Wildman–Crippen LogP) is 4.35. The number of ether oxygens (including phenoxy) is 1. The van der Waals surface area contributed by atoms with Crippen LogP contribution in [0.2, 0.25) is 0 Å². The Hall–Kier alpha value is -2.20. The second-order valence-corrected chi connectivity index (χ2v) is 6.40. The van der Waals surface area contributed by atoms with Crippen molar-refractivity contribution in [2.45, 2.75) is 33.7 Å². The summed E-state index contributed by atoms with van der Waals surface area (Å²) >= 11 is 0. The highest BCUT2D eigenvalue weighted by molar-refractivity contribution is 5.96. The molecule has 0 radical (unpaired) electrons. The molecule has 0 fully saturated rings. The zero-order chi connectivity index (χ0) is 17.5. The minimum atomic E-state index is -0.128. The van der Waals surface area contributed by atoms with Crippen molar-refractivity contribution in [2.75, 3.05) is 12.3 Å². The van der Waals surface area contributed by atoms with E-state index in [0.29, 0.717) is 30.3 Å². The minimum Gasteiger partial charge on any atom is -0.493 e. The van der Waals surface area contributed by atoms with Crippen molar-refractivity contribution in [1.29, 1.82) is 0 Å². The van der Waals surface area contributed by atoms with Crippen molar-refractivity contribution in [2.24, 2.45) is 5.92 Å². The Labute approximate surface area is 156 Å². The van der Waals surface area contributed by atoms with Gasteiger partial charge in [0.05, 0.1) is 6.61 Å². The van der Waals surface area contributed by atoms with Crippen molar-refractivity contribution in [3.8, 4) is 5.75 Å². The van der Waals surface area contributed by atoms with Crippen LogP contribution >= 0.6 is 12.4 Å². The van der Waals surface area contributed by atoms with E-state index in [4.69, 9.17) is 10.5 Å². The summed E-state index contributed by atoms with van der Waals surface area (Å²) < 4.78 is 5.86. The molecule has 136 valence electrons. The molecule has 0 spiro atoms. The number of hydrogen-bond acceptors (Lipinski definition) is 3. The van der Waals surface area contributed by atoms with Gasteiger partial charge >= 0.3 is 0 Å². The van der Waals surface area contributed by atoms with Crippen molar-refractivity contribution in [3.63, 3.8) is 0 Å². The summed E-state index contributed by atoms with van der Waals surface area (Å²) in [7, 11) is 0. The number of nitrogens with two attached hydrogens (primary N) is 1. The SMILES string of the molecule is Cc1ccc(N)cc1C(=O)NCc1ccccc1OCCC(C)C.Cl. The minimum absolute atomic E-state index is 0. The highest BCUT2D eigenvalue weighted by atomic mass is 35.5. The fourth-order valence-corrected chi connectivity index (χ4v) is 2.35. The monoisotopic (exact) mass is 362 g/mol. The normalized spacial score (nSPS) is 10.2. The number of nitrogen functional groups attached to an aromatic ring is 1. The highest BCUT2D eigenvalue weighted by Crippen LogP contribution is 2.19. The maximum Gasteiger partial charge on any atom is 0.251 e. The first kappa shape index (κ1) is 20.8. The molecule has 4 nitrogen and oxygen atoms in total. The maximum atomic E-state index is 12.4. The molecule has 1 amide bonds. The van der Waals surface area contributed by atoms with Crippen molar-refractivity contribution in [3.05, 3.63) is 59.2 Å². The Morgan fingerprint density at radius 3 is 2.64 bits per heavy atom. The number of amides is 1. The summed E-state index contributed by atoms with van der Waals surface area (Å²) in [6, 6.07) is 13.2. The van der Waals surface area contributed by atoms with Gasteiger partial charge < -0.3 is 15.8 Å². The lowest BCUT2D eigenvalue weighted by Crippen LogP contribution is -2.24. The summed E-state index contributed by atoms with van der Waals surface area (Å²) in [6.07, 6.45) is 1.00. The highest BCUT2D eigenvalue weighted by Gasteiger charge is 2.11. The number of nitrogens with one attached hydrogen (secondary N) is 1. The van der Waals surface area contributed by atoms with E-state index >= 15 is 0 Å². The van der Waals surface area contributed by atoms with Gasteiger partial charge in [0.2, 0.25) is 0 Å². The average Bonchev–Trinajstić information content (AvgIpc) is 2.55. The van der Waals surface area contributed by atoms with Gasteiger partial charge in [-0.1, -0.05) is 38.1 Å². The lowest BCUT2D eigenvalue weighted by molar-refractivity contribution is 0.0950. The van der Waals surface area contributed by atoms with Crippen LogP contribution in [0.5, 0.6) is 5.75 Å². The Balaban J connectivity index is 0.00000312. The van der Waals surface area contributed by atoms with E-state index in [1.54, 1.807) is 12.1 Å². The lowest BCUT2D eigenvalue weighted by Gasteiger charge is -2.14. The van der Waals surface area contributed by atoms with Gasteiger partial charge in [-0.3, -0.25) is 4.79 Å². The quantitative estimate of drug-likeness (QED) is 0.719. The first-order valence-corrected chi connectivity index (χ1v) is 8.32. The van der Waals surface area contributed by atoms with Gasteiger partial charge in [-0.2, -0.15) is 0 Å². The molecule has 0 saturated heterocycles. The molecule has 0 aliphatic rings. The van der Waals surface area contributed by atoms with Crippen LogP contribution in [0.15, 0.2) is 42.5 Å². The number of rotatable bonds is 7. The number of para-hydroxylation sites is 1. The molecule has 0 aromatic heterocycles. The van der Waals surface area contributed by atoms with E-state index in [9.17, 15) is 4.79 Å². The van der Waals surface area contributed by atoms with E-state index in [1.807, 2.05) is 37.3 Å². The van der Waals surface area contributed by atoms with Gasteiger partial charge in [0, 0.05) is 23.4 Å². The van der Waals surface area contributed by atoms with Gasteiger partial charge in [-0.15, -0.1) is 12.4 Å². The largest absolute Gasteiger partial charge is 0.493 e. The van der Waals surface area contributed by atoms with Gasteiger partial charge in [0.1, 0.15) is 5.75 Å². The van der Waals surface area contributed by atoms with Crippen LogP contribution in [0.1, 0.15) is 41.8 Å². The molecule has 0 unspecified atom stereocenters. The lowest BCUT2D eigenvalue weighted by atomic mass is 10.1. The Morgan fingerprint density at radius 2 is 1.92 bits per heavy atom. The van der Waals surface area contributed by atoms with Crippen LogP contribution in [0.4, 0.5) is 5.69 Å². The summed E-state index contributed by atoms with van der Waals surface area (Å²) in [5, 5.41) is 2.95. The number of halogens is 1. The Bertz CT molecular complexity index is 702. The van der Waals surface area contributed by atoms with E-state index in [1.165, 1.54) is 0 Å². The fraction of sp³-hybridized carbons (Fsp3) is 0.350. The van der Waals surface area contributed by atoms with Crippen LogP contribution in [-0.2, 0) is 6.54 Å². The average molecular weight is 363 g/mol. The van der Waals surface area contributed by atoms with Crippen molar-refractivity contribution in [1.82, 2.24) is 5.32 Å². The molecule has 25 heavy (non-hydrogen) atoms. The summed E-state index contributed by atoms with van der Waals surface area (Å²) in [4.78, 5) is 12.4. The number of benzene rings is 2. The molecule has 0 atom stereocenters. The van der Waals surface area contributed by atoms with E-state index in [2.05, 4.69) is 19.2 Å². The van der Waals surface area contributed by atoms with E-state index < -0.39 is 0 Å². The van der Waals surface area contributed by atoms with Gasteiger partial charge in [-0.25, -0.2) is 0 Å². The topological polar surface area (TPSA) is 64.4 Å². The van der Waals surface area contributed by atoms with Gasteiger partial charge in [0.25, 0.3) is 5.91 Å². The molecular weight excluding hydrogens is 336 g/mol. The summed E-state index contributed by atoms with van der Waals surface area (Å²) in [5.41, 5.74) is 8.84. The Kier molecular flexibility index (Phi) is 8.29. The van der Waals surface area contributed by atoms with Crippen LogP contribution in [0.25, 0.3) is 0 Å². The molecule has 2 rings (SSSR count). The molecule has 5 heteroatoms. The zero-order valence-electron chi connectivity index (χ0n) is 15.0. The summed E-state index contributed by atoms with van der Waals surface area (Å²) in [6.45, 7) is 7.34. The first-order chi connectivity index (χ1) is 11.5. The van der Waals surface area contributed by atoms with E-state index in [0.717, 1.165) is 23.3 Å². The number of aryl methyl sites for hydroxylation is 1. The molecule has 2 aromatic rings. The molecule has 0 saturated carbocycles. The third-order valence-electron chi connectivity index (χ3n) is 3.87. The molecule has 0 aliphatic heterocycles. The maximum absolute atomic E-state index is 12.4. The second kappa shape index (κ2) is 9.94. The van der Waals surface area contributed by atoms with Crippen LogP contribution < -0.4 is 15.8 Å².